The third kappa shape index (κ3) is 2.85. The second-order valence-electron chi connectivity index (χ2n) is 5.19. The molecule has 2 aliphatic rings. The number of thioether (sulfide) groups is 1. The second kappa shape index (κ2) is 5.91. The Labute approximate surface area is 122 Å². The van der Waals surface area contributed by atoms with E-state index in [1.807, 2.05) is 28.8 Å². The topological polar surface area (TPSA) is 53.8 Å². The Bertz CT molecular complexity index is 483. The molecular weight excluding hydrogens is 276 g/mol. The average molecular weight is 294 g/mol. The molecule has 0 N–H and O–H groups in total. The van der Waals surface area contributed by atoms with Crippen LogP contribution in [0.5, 0.6) is 0 Å². The minimum absolute atomic E-state index is 0.0473. The molecule has 0 aliphatic carbocycles. The SMILES string of the molecule is O=C1C[C@H](C(=O)N2CCSCC2)CN1Cc1ccco1. The first kappa shape index (κ1) is 13.5. The molecule has 1 aromatic heterocycles. The third-order valence-electron chi connectivity index (χ3n) is 3.81. The van der Waals surface area contributed by atoms with Crippen LogP contribution in [0.2, 0.25) is 0 Å². The molecule has 2 amide bonds. The van der Waals surface area contributed by atoms with E-state index < -0.39 is 0 Å². The summed E-state index contributed by atoms with van der Waals surface area (Å²) in [6.07, 6.45) is 1.94. The van der Waals surface area contributed by atoms with Crippen LogP contribution in [0.4, 0.5) is 0 Å². The number of furan rings is 1. The first-order chi connectivity index (χ1) is 9.74. The first-order valence-electron chi connectivity index (χ1n) is 6.91. The number of hydrogen-bond donors (Lipinski definition) is 0. The zero-order valence-electron chi connectivity index (χ0n) is 11.3. The fraction of sp³-hybridized carbons (Fsp3) is 0.571. The number of likely N-dealkylation sites (tertiary alicyclic amines) is 1. The van der Waals surface area contributed by atoms with Gasteiger partial charge in [-0.05, 0) is 12.1 Å². The normalized spacial score (nSPS) is 23.4. The van der Waals surface area contributed by atoms with Gasteiger partial charge in [0.05, 0.1) is 18.7 Å². The number of amides is 2. The van der Waals surface area contributed by atoms with Gasteiger partial charge < -0.3 is 14.2 Å². The van der Waals surface area contributed by atoms with Gasteiger partial charge in [-0.25, -0.2) is 0 Å². The van der Waals surface area contributed by atoms with Crippen molar-refractivity contribution in [1.29, 1.82) is 0 Å². The van der Waals surface area contributed by atoms with Crippen LogP contribution in [0.1, 0.15) is 12.2 Å². The molecule has 6 heteroatoms. The van der Waals surface area contributed by atoms with E-state index in [4.69, 9.17) is 4.42 Å². The summed E-state index contributed by atoms with van der Waals surface area (Å²) in [4.78, 5) is 28.0. The van der Waals surface area contributed by atoms with Crippen molar-refractivity contribution in [2.45, 2.75) is 13.0 Å². The summed E-state index contributed by atoms with van der Waals surface area (Å²) in [6.45, 7) is 2.60. The van der Waals surface area contributed by atoms with E-state index in [1.165, 1.54) is 0 Å². The molecule has 5 nitrogen and oxygen atoms in total. The summed E-state index contributed by atoms with van der Waals surface area (Å²) in [7, 11) is 0. The fourth-order valence-corrected chi connectivity index (χ4v) is 3.63. The molecule has 2 fully saturated rings. The van der Waals surface area contributed by atoms with Crippen molar-refractivity contribution in [1.82, 2.24) is 9.80 Å². The Balaban J connectivity index is 1.59. The van der Waals surface area contributed by atoms with Crippen LogP contribution in [0.3, 0.4) is 0 Å². The number of carbonyl (C=O) groups excluding carboxylic acids is 2. The smallest absolute Gasteiger partial charge is 0.228 e. The van der Waals surface area contributed by atoms with Crippen LogP contribution < -0.4 is 0 Å². The van der Waals surface area contributed by atoms with Gasteiger partial charge in [0.15, 0.2) is 0 Å². The first-order valence-corrected chi connectivity index (χ1v) is 8.06. The highest BCUT2D eigenvalue weighted by atomic mass is 32.2. The van der Waals surface area contributed by atoms with Crippen molar-refractivity contribution in [2.75, 3.05) is 31.1 Å². The largest absolute Gasteiger partial charge is 0.467 e. The number of nitrogens with zero attached hydrogens (tertiary/aromatic N) is 2. The standard InChI is InChI=1S/C14H18N2O3S/c17-13-8-11(14(18)15-3-6-20-7-4-15)9-16(13)10-12-2-1-5-19-12/h1-2,5,11H,3-4,6-10H2/t11-/m0/s1. The lowest BCUT2D eigenvalue weighted by Crippen LogP contribution is -2.42. The van der Waals surface area contributed by atoms with E-state index in [-0.39, 0.29) is 17.7 Å². The minimum atomic E-state index is -0.180. The van der Waals surface area contributed by atoms with E-state index in [0.717, 1.165) is 30.4 Å². The molecule has 0 aromatic carbocycles. The molecule has 108 valence electrons. The molecule has 0 saturated carbocycles. The van der Waals surface area contributed by atoms with Crippen molar-refractivity contribution >= 4 is 23.6 Å². The molecule has 3 heterocycles. The molecule has 20 heavy (non-hydrogen) atoms. The highest BCUT2D eigenvalue weighted by Gasteiger charge is 2.36. The molecule has 3 rings (SSSR count). The van der Waals surface area contributed by atoms with E-state index in [9.17, 15) is 9.59 Å². The predicted molar refractivity (Wildman–Crippen MR) is 76.1 cm³/mol. The van der Waals surface area contributed by atoms with Crippen molar-refractivity contribution in [2.24, 2.45) is 5.92 Å². The van der Waals surface area contributed by atoms with Crippen LogP contribution in [-0.2, 0) is 16.1 Å². The lowest BCUT2D eigenvalue weighted by atomic mass is 10.1. The van der Waals surface area contributed by atoms with E-state index >= 15 is 0 Å². The molecule has 0 unspecified atom stereocenters. The number of carbonyl (C=O) groups is 2. The quantitative estimate of drug-likeness (QED) is 0.840. The van der Waals surface area contributed by atoms with Crippen molar-refractivity contribution in [3.8, 4) is 0 Å². The lowest BCUT2D eigenvalue weighted by Gasteiger charge is -2.28. The summed E-state index contributed by atoms with van der Waals surface area (Å²) in [5, 5.41) is 0. The highest BCUT2D eigenvalue weighted by Crippen LogP contribution is 2.23. The molecule has 2 saturated heterocycles. The van der Waals surface area contributed by atoms with Crippen molar-refractivity contribution in [3.05, 3.63) is 24.2 Å². The molecule has 1 atom stereocenters. The van der Waals surface area contributed by atoms with Crippen LogP contribution in [0.15, 0.2) is 22.8 Å². The summed E-state index contributed by atoms with van der Waals surface area (Å²) in [6, 6.07) is 3.66. The van der Waals surface area contributed by atoms with Crippen molar-refractivity contribution in [3.63, 3.8) is 0 Å². The van der Waals surface area contributed by atoms with Gasteiger partial charge in [0, 0.05) is 37.6 Å². The van der Waals surface area contributed by atoms with Crippen LogP contribution in [-0.4, -0.2) is 52.8 Å². The molecule has 0 spiro atoms. The van der Waals surface area contributed by atoms with Crippen LogP contribution >= 0.6 is 11.8 Å². The highest BCUT2D eigenvalue weighted by molar-refractivity contribution is 7.99. The number of hydrogen-bond acceptors (Lipinski definition) is 4. The average Bonchev–Trinajstić information content (AvgIpc) is 3.10. The van der Waals surface area contributed by atoms with Gasteiger partial charge in [0.1, 0.15) is 5.76 Å². The van der Waals surface area contributed by atoms with Gasteiger partial charge in [-0.3, -0.25) is 9.59 Å². The zero-order chi connectivity index (χ0) is 13.9. The van der Waals surface area contributed by atoms with Crippen LogP contribution in [0.25, 0.3) is 0 Å². The van der Waals surface area contributed by atoms with Gasteiger partial charge in [-0.1, -0.05) is 0 Å². The van der Waals surface area contributed by atoms with Crippen LogP contribution in [0, 0.1) is 5.92 Å². The Kier molecular flexibility index (Phi) is 4.00. The summed E-state index contributed by atoms with van der Waals surface area (Å²) >= 11 is 1.88. The predicted octanol–water partition coefficient (Wildman–Crippen LogP) is 1.20. The van der Waals surface area contributed by atoms with Gasteiger partial charge in [0.25, 0.3) is 0 Å². The maximum atomic E-state index is 12.4. The monoisotopic (exact) mass is 294 g/mol. The van der Waals surface area contributed by atoms with E-state index in [1.54, 1.807) is 11.2 Å². The maximum Gasteiger partial charge on any atom is 0.228 e. The maximum absolute atomic E-state index is 12.4. The third-order valence-corrected chi connectivity index (χ3v) is 4.76. The van der Waals surface area contributed by atoms with Crippen molar-refractivity contribution < 1.29 is 14.0 Å². The Morgan fingerprint density at radius 1 is 1.40 bits per heavy atom. The molecule has 2 aliphatic heterocycles. The van der Waals surface area contributed by atoms with Gasteiger partial charge >= 0.3 is 0 Å². The van der Waals surface area contributed by atoms with E-state index in [0.29, 0.717) is 19.5 Å². The molecular formula is C14H18N2O3S. The van der Waals surface area contributed by atoms with Gasteiger partial charge in [-0.2, -0.15) is 11.8 Å². The molecule has 1 aromatic rings. The molecule has 0 bridgehead atoms. The summed E-state index contributed by atoms with van der Waals surface area (Å²) < 4.78 is 5.26. The van der Waals surface area contributed by atoms with Gasteiger partial charge in [-0.15, -0.1) is 0 Å². The molecule has 0 radical (unpaired) electrons. The van der Waals surface area contributed by atoms with E-state index in [2.05, 4.69) is 0 Å². The van der Waals surface area contributed by atoms with Gasteiger partial charge in [0.2, 0.25) is 11.8 Å². The fourth-order valence-electron chi connectivity index (χ4n) is 2.72. The summed E-state index contributed by atoms with van der Waals surface area (Å²) in [5.41, 5.74) is 0. The lowest BCUT2D eigenvalue weighted by molar-refractivity contribution is -0.135. The Morgan fingerprint density at radius 2 is 2.20 bits per heavy atom. The Morgan fingerprint density at radius 3 is 2.90 bits per heavy atom. The Hall–Kier alpha value is -1.43. The zero-order valence-corrected chi connectivity index (χ0v) is 12.1. The second-order valence-corrected chi connectivity index (χ2v) is 6.42. The summed E-state index contributed by atoms with van der Waals surface area (Å²) in [5.74, 6) is 2.78. The minimum Gasteiger partial charge on any atom is -0.467 e. The number of rotatable bonds is 3.